The Morgan fingerprint density at radius 3 is 2.57 bits per heavy atom. The Hall–Kier alpha value is -2.08. The second-order valence-corrected chi connectivity index (χ2v) is 7.56. The Bertz CT molecular complexity index is 838. The summed E-state index contributed by atoms with van der Waals surface area (Å²) in [5.41, 5.74) is 0.284. The van der Waals surface area contributed by atoms with Gasteiger partial charge in [0.05, 0.1) is 0 Å². The minimum Gasteiger partial charge on any atom is -0.444 e. The van der Waals surface area contributed by atoms with E-state index in [4.69, 9.17) is 20.9 Å². The molecule has 2 rings (SSSR count). The fourth-order valence-electron chi connectivity index (χ4n) is 2.27. The van der Waals surface area contributed by atoms with Crippen LogP contribution in [0.1, 0.15) is 26.7 Å². The molecule has 3 N–H and O–H groups in total. The lowest BCUT2D eigenvalue weighted by atomic mass is 10.2. The van der Waals surface area contributed by atoms with Crippen molar-refractivity contribution in [2.24, 2.45) is 4.99 Å². The largest absolute Gasteiger partial charge is 0.444 e. The smallest absolute Gasteiger partial charge is 0.407 e. The zero-order chi connectivity index (χ0) is 21.3. The van der Waals surface area contributed by atoms with Crippen LogP contribution >= 0.6 is 35.6 Å². The molecule has 0 fully saturated rings. The minimum atomic E-state index is -0.517. The first-order valence-electron chi connectivity index (χ1n) is 9.27. The van der Waals surface area contributed by atoms with Crippen LogP contribution in [0.25, 0.3) is 11.4 Å². The summed E-state index contributed by atoms with van der Waals surface area (Å²) in [4.78, 5) is 20.1. The molecule has 0 bridgehead atoms. The third-order valence-corrected chi connectivity index (χ3v) is 3.73. The molecule has 0 atom stereocenters. The van der Waals surface area contributed by atoms with Crippen LogP contribution < -0.4 is 16.0 Å². The third-order valence-electron chi connectivity index (χ3n) is 3.49. The highest BCUT2D eigenvalue weighted by Gasteiger charge is 2.15. The van der Waals surface area contributed by atoms with Crippen LogP contribution in [-0.2, 0) is 11.2 Å². The molecule has 0 aliphatic rings. The van der Waals surface area contributed by atoms with Gasteiger partial charge in [0.25, 0.3) is 0 Å². The van der Waals surface area contributed by atoms with Gasteiger partial charge in [0.1, 0.15) is 5.60 Å². The van der Waals surface area contributed by atoms with E-state index >= 15 is 0 Å². The topological polar surface area (TPSA) is 114 Å². The lowest BCUT2D eigenvalue weighted by molar-refractivity contribution is 0.0529. The summed E-state index contributed by atoms with van der Waals surface area (Å²) < 4.78 is 10.4. The van der Waals surface area contributed by atoms with E-state index in [1.165, 1.54) is 0 Å². The zero-order valence-electron chi connectivity index (χ0n) is 17.5. The number of nitrogens with one attached hydrogen (secondary N) is 3. The maximum absolute atomic E-state index is 11.6. The Labute approximate surface area is 198 Å². The molecule has 9 nitrogen and oxygen atoms in total. The number of guanidine groups is 1. The van der Waals surface area contributed by atoms with Crippen molar-refractivity contribution in [1.82, 2.24) is 26.1 Å². The van der Waals surface area contributed by atoms with Gasteiger partial charge < -0.3 is 25.2 Å². The molecule has 0 radical (unpaired) electrons. The lowest BCUT2D eigenvalue weighted by Crippen LogP contribution is -2.43. The summed E-state index contributed by atoms with van der Waals surface area (Å²) in [6.45, 7) is 6.91. The number of carbonyl (C=O) groups is 1. The van der Waals surface area contributed by atoms with E-state index in [1.807, 2.05) is 32.9 Å². The summed E-state index contributed by atoms with van der Waals surface area (Å²) in [5, 5.41) is 13.5. The van der Waals surface area contributed by atoms with E-state index in [0.717, 1.165) is 5.56 Å². The molecule has 30 heavy (non-hydrogen) atoms. The predicted octanol–water partition coefficient (Wildman–Crippen LogP) is 3.24. The number of halogens is 2. The number of amides is 1. The number of hydrogen-bond donors (Lipinski definition) is 3. The SMILES string of the molecule is CN=C(NCCNC(=O)OC(C)(C)C)NCCc1nc(-c2cccc(Cl)c2)no1.I. The average Bonchev–Trinajstić information content (AvgIpc) is 3.11. The van der Waals surface area contributed by atoms with Crippen molar-refractivity contribution in [3.63, 3.8) is 0 Å². The summed E-state index contributed by atoms with van der Waals surface area (Å²) in [7, 11) is 1.67. The number of ether oxygens (including phenoxy) is 1. The number of carbonyl (C=O) groups excluding carboxylic acids is 1. The molecule has 1 aromatic heterocycles. The van der Waals surface area contributed by atoms with Gasteiger partial charge in [-0.1, -0.05) is 28.9 Å². The van der Waals surface area contributed by atoms with Crippen LogP contribution in [0.4, 0.5) is 4.79 Å². The number of rotatable bonds is 7. The van der Waals surface area contributed by atoms with Crippen molar-refractivity contribution in [2.45, 2.75) is 32.8 Å². The normalized spacial score (nSPS) is 11.4. The quantitative estimate of drug-likeness (QED) is 0.210. The van der Waals surface area contributed by atoms with Crippen molar-refractivity contribution in [3.8, 4) is 11.4 Å². The van der Waals surface area contributed by atoms with Crippen LogP contribution in [0.3, 0.4) is 0 Å². The van der Waals surface area contributed by atoms with Crippen molar-refractivity contribution < 1.29 is 14.1 Å². The van der Waals surface area contributed by atoms with Crippen LogP contribution in [0, 0.1) is 0 Å². The summed E-state index contributed by atoms with van der Waals surface area (Å²) in [6, 6.07) is 7.28. The first-order valence-corrected chi connectivity index (χ1v) is 9.64. The van der Waals surface area contributed by atoms with E-state index in [9.17, 15) is 4.79 Å². The second kappa shape index (κ2) is 12.6. The van der Waals surface area contributed by atoms with Gasteiger partial charge in [0.15, 0.2) is 5.96 Å². The Morgan fingerprint density at radius 1 is 1.20 bits per heavy atom. The maximum atomic E-state index is 11.6. The van der Waals surface area contributed by atoms with Crippen LogP contribution in [0.15, 0.2) is 33.8 Å². The highest BCUT2D eigenvalue weighted by molar-refractivity contribution is 14.0. The van der Waals surface area contributed by atoms with Gasteiger partial charge in [0, 0.05) is 43.7 Å². The van der Waals surface area contributed by atoms with Crippen LogP contribution in [0.5, 0.6) is 0 Å². The molecular weight excluding hydrogens is 523 g/mol. The molecular formula is C19H28ClIN6O3. The van der Waals surface area contributed by atoms with Crippen LogP contribution in [-0.4, -0.2) is 54.5 Å². The number of hydrogen-bond acceptors (Lipinski definition) is 6. The second-order valence-electron chi connectivity index (χ2n) is 7.13. The molecule has 0 unspecified atom stereocenters. The Morgan fingerprint density at radius 2 is 1.90 bits per heavy atom. The molecule has 0 aliphatic carbocycles. The fourth-order valence-corrected chi connectivity index (χ4v) is 2.46. The molecule has 1 amide bonds. The van der Waals surface area contributed by atoms with Crippen molar-refractivity contribution in [1.29, 1.82) is 0 Å². The van der Waals surface area contributed by atoms with E-state index < -0.39 is 11.7 Å². The van der Waals surface area contributed by atoms with Crippen molar-refractivity contribution in [3.05, 3.63) is 35.2 Å². The third kappa shape index (κ3) is 9.61. The van der Waals surface area contributed by atoms with Crippen molar-refractivity contribution >= 4 is 47.6 Å². The fraction of sp³-hybridized carbons (Fsp3) is 0.474. The first-order chi connectivity index (χ1) is 13.8. The van der Waals surface area contributed by atoms with Crippen molar-refractivity contribution in [2.75, 3.05) is 26.7 Å². The molecule has 1 aromatic carbocycles. The number of benzene rings is 1. The van der Waals surface area contributed by atoms with Gasteiger partial charge >= 0.3 is 6.09 Å². The van der Waals surface area contributed by atoms with Gasteiger partial charge in [0.2, 0.25) is 11.7 Å². The molecule has 11 heteroatoms. The van der Waals surface area contributed by atoms with Gasteiger partial charge in [-0.3, -0.25) is 4.99 Å². The number of aliphatic imine (C=N–C) groups is 1. The molecule has 0 spiro atoms. The summed E-state index contributed by atoms with van der Waals surface area (Å²) in [6.07, 6.45) is 0.0823. The molecule has 0 aliphatic heterocycles. The monoisotopic (exact) mass is 550 g/mol. The highest BCUT2D eigenvalue weighted by Crippen LogP contribution is 2.19. The first kappa shape index (κ1) is 26.0. The average molecular weight is 551 g/mol. The van der Waals surface area contributed by atoms with Gasteiger partial charge in [-0.25, -0.2) is 4.79 Å². The van der Waals surface area contributed by atoms with E-state index in [0.29, 0.717) is 48.8 Å². The predicted molar refractivity (Wildman–Crippen MR) is 127 cm³/mol. The number of alkyl carbamates (subject to hydrolysis) is 1. The minimum absolute atomic E-state index is 0. The van der Waals surface area contributed by atoms with Gasteiger partial charge in [-0.15, -0.1) is 24.0 Å². The van der Waals surface area contributed by atoms with Gasteiger partial charge in [-0.2, -0.15) is 4.98 Å². The summed E-state index contributed by atoms with van der Waals surface area (Å²) >= 11 is 5.99. The highest BCUT2D eigenvalue weighted by atomic mass is 127. The summed E-state index contributed by atoms with van der Waals surface area (Å²) in [5.74, 6) is 1.61. The van der Waals surface area contributed by atoms with E-state index in [1.54, 1.807) is 19.2 Å². The molecule has 1 heterocycles. The van der Waals surface area contributed by atoms with E-state index in [-0.39, 0.29) is 24.0 Å². The number of nitrogens with zero attached hydrogens (tertiary/aromatic N) is 3. The lowest BCUT2D eigenvalue weighted by Gasteiger charge is -2.19. The molecule has 0 saturated heterocycles. The Balaban J connectivity index is 0.00000450. The van der Waals surface area contributed by atoms with Gasteiger partial charge in [-0.05, 0) is 32.9 Å². The standard InChI is InChI=1S/C19H27ClN6O3.HI/c1-19(2,3)28-18(27)24-11-10-23-17(21-4)22-9-8-15-25-16(26-29-15)13-6-5-7-14(20)12-13;/h5-7,12H,8-11H2,1-4H3,(H,24,27)(H2,21,22,23);1H. The zero-order valence-corrected chi connectivity index (χ0v) is 20.6. The van der Waals surface area contributed by atoms with Crippen LogP contribution in [0.2, 0.25) is 5.02 Å². The molecule has 0 saturated carbocycles. The molecule has 2 aromatic rings. The maximum Gasteiger partial charge on any atom is 0.407 e. The molecule has 166 valence electrons. The van der Waals surface area contributed by atoms with E-state index in [2.05, 4.69) is 31.1 Å². The Kier molecular flexibility index (Phi) is 10.9. The number of aromatic nitrogens is 2.